The molecule has 0 radical (unpaired) electrons. The summed E-state index contributed by atoms with van der Waals surface area (Å²) in [6.45, 7) is 9.02. The molecule has 2 saturated heterocycles. The Morgan fingerprint density at radius 3 is 2.24 bits per heavy atom. The molecule has 0 bridgehead atoms. The molecule has 7 rings (SSSR count). The van der Waals surface area contributed by atoms with Gasteiger partial charge in [-0.05, 0) is 80.2 Å². The Kier molecular flexibility index (Phi) is 23.4. The zero-order chi connectivity index (χ0) is 59.4. The van der Waals surface area contributed by atoms with Gasteiger partial charge in [-0.2, -0.15) is 11.8 Å². The number of amides is 7. The van der Waals surface area contributed by atoms with Crippen molar-refractivity contribution in [1.29, 1.82) is 0 Å². The average molecular weight is 1160 g/mol. The van der Waals surface area contributed by atoms with Crippen molar-refractivity contribution >= 4 is 82.5 Å². The minimum atomic E-state index is -0.603. The van der Waals surface area contributed by atoms with Gasteiger partial charge in [-0.15, -0.1) is 0 Å². The van der Waals surface area contributed by atoms with Gasteiger partial charge in [0.05, 0.1) is 67.0 Å². The Labute approximate surface area is 487 Å². The van der Waals surface area contributed by atoms with Crippen LogP contribution in [0, 0.1) is 6.92 Å². The van der Waals surface area contributed by atoms with Crippen LogP contribution < -0.4 is 26.0 Å². The van der Waals surface area contributed by atoms with E-state index in [9.17, 15) is 43.2 Å². The molecule has 7 amide bonds. The molecule has 4 N–H and O–H groups in total. The monoisotopic (exact) mass is 1160 g/mol. The molecular formula is C60H75N9O13S. The maximum Gasteiger partial charge on any atom is 0.407 e. The first-order chi connectivity index (χ1) is 40.0. The lowest BCUT2D eigenvalue weighted by molar-refractivity contribution is -0.138. The van der Waals surface area contributed by atoms with Gasteiger partial charge in [0.25, 0.3) is 11.8 Å². The molecule has 2 aromatic carbocycles. The Morgan fingerprint density at radius 2 is 1.47 bits per heavy atom. The summed E-state index contributed by atoms with van der Waals surface area (Å²) in [5, 5.41) is 10.8. The highest BCUT2D eigenvalue weighted by Gasteiger charge is 2.38. The maximum atomic E-state index is 13.4. The van der Waals surface area contributed by atoms with E-state index in [2.05, 4.69) is 32.8 Å². The predicted molar refractivity (Wildman–Crippen MR) is 313 cm³/mol. The number of imide groups is 1. The second-order valence-corrected chi connectivity index (χ2v) is 21.7. The first kappa shape index (κ1) is 62.7. The van der Waals surface area contributed by atoms with E-state index in [0.29, 0.717) is 112 Å². The molecule has 1 unspecified atom stereocenters. The summed E-state index contributed by atoms with van der Waals surface area (Å²) in [6.07, 6.45) is 10.2. The van der Waals surface area contributed by atoms with Crippen molar-refractivity contribution in [3.05, 3.63) is 101 Å². The Hall–Kier alpha value is -7.89. The molecule has 0 spiro atoms. The standard InChI is InChI=1S/C60H75N9O13S/c1-39-28-45-35-64-48-33-52(40(2)29-47(48)58(76)69(45)36-39)81-23-7-11-55(73)65-44-32-49(67(4)38-44)51(71)30-41-12-14-42(15-13-41)43-31-50(66(3)37-43)57(75)62-20-9-24-82-60(78)63-19-8-18-61-54(72)17-25-80-27-26-79-22-6-10-46(70)16-21-68-56(74)34-53(83-5)59(68)77/h12-15,29,31-33,35,37-38,45,53H,1,6-11,16-28,30,34,36H2,2-5H3,(H,61,72)(H,62,75)(H,63,78)(H,65,73)/t45-,53?/m0/s1. The molecular weight excluding hydrogens is 1090 g/mol. The van der Waals surface area contributed by atoms with Gasteiger partial charge in [0.1, 0.15) is 17.2 Å². The number of aryl methyl sites for hydroxylation is 3. The van der Waals surface area contributed by atoms with Gasteiger partial charge in [-0.1, -0.05) is 36.4 Å². The summed E-state index contributed by atoms with van der Waals surface area (Å²) < 4.78 is 25.6. The predicted octanol–water partition coefficient (Wildman–Crippen LogP) is 6.05. The van der Waals surface area contributed by atoms with Crippen LogP contribution in [0.25, 0.3) is 11.1 Å². The second kappa shape index (κ2) is 31.0. The number of carbonyl (C=O) groups excluding carboxylic acids is 9. The first-order valence-corrected chi connectivity index (χ1v) is 29.3. The number of alkyl carbamates (subject to hydrolysis) is 1. The van der Waals surface area contributed by atoms with E-state index in [1.54, 1.807) is 71.1 Å². The minimum absolute atomic E-state index is 0.0321. The SMILES string of the molecule is C=C1C[C@H]2C=Nc3cc(OCCCC(=O)Nc4cc(C(=O)Cc5ccc(-c6cc(C(=O)NCCCOC(=O)NCCCNC(=O)CCOCCOCCCC(=O)CCN7C(=O)CC(SC)C7=O)n(C)c6)cc5)n(C)c4)c(C)cc3C(=O)N2C1. The van der Waals surface area contributed by atoms with E-state index >= 15 is 0 Å². The zero-order valence-electron chi connectivity index (χ0n) is 47.7. The largest absolute Gasteiger partial charge is 0.493 e. The van der Waals surface area contributed by atoms with Crippen LogP contribution in [0.4, 0.5) is 16.2 Å². The molecule has 23 heteroatoms. The number of hydrogen-bond acceptors (Lipinski definition) is 15. The van der Waals surface area contributed by atoms with Crippen LogP contribution in [0.2, 0.25) is 0 Å². The topological polar surface area (TPSA) is 267 Å². The summed E-state index contributed by atoms with van der Waals surface area (Å²) in [4.78, 5) is 121. The average Bonchev–Trinajstić information content (AvgIpc) is 4.12. The number of fused-ring (bicyclic) bond motifs is 2. The second-order valence-electron chi connectivity index (χ2n) is 20.7. The van der Waals surface area contributed by atoms with Gasteiger partial charge in [-0.3, -0.25) is 48.2 Å². The van der Waals surface area contributed by atoms with Gasteiger partial charge in [0.2, 0.25) is 23.6 Å². The highest BCUT2D eigenvalue weighted by atomic mass is 32.2. The molecule has 2 atom stereocenters. The molecule has 2 aromatic heterocycles. The zero-order valence-corrected chi connectivity index (χ0v) is 48.5. The van der Waals surface area contributed by atoms with Crippen LogP contribution in [-0.2, 0) is 58.7 Å². The third-order valence-corrected chi connectivity index (χ3v) is 15.1. The van der Waals surface area contributed by atoms with Gasteiger partial charge in [0, 0.05) is 122 Å². The number of aliphatic imine (C=N–C) groups is 1. The number of likely N-dealkylation sites (tertiary alicyclic amines) is 1. The number of nitrogens with one attached hydrogen (secondary N) is 4. The fourth-order valence-electron chi connectivity index (χ4n) is 9.67. The van der Waals surface area contributed by atoms with Crippen molar-refractivity contribution in [3.8, 4) is 16.9 Å². The fourth-order valence-corrected chi connectivity index (χ4v) is 10.3. The van der Waals surface area contributed by atoms with E-state index in [1.807, 2.05) is 37.4 Å². The van der Waals surface area contributed by atoms with Crippen LogP contribution in [0.1, 0.15) is 107 Å². The Balaban J connectivity index is 0.692. The Morgan fingerprint density at radius 1 is 0.735 bits per heavy atom. The number of ketones is 2. The molecule has 3 aliphatic rings. The number of benzene rings is 2. The van der Waals surface area contributed by atoms with Crippen molar-refractivity contribution < 1.29 is 62.1 Å². The third kappa shape index (κ3) is 18.3. The van der Waals surface area contributed by atoms with Crippen LogP contribution in [0.3, 0.4) is 0 Å². The van der Waals surface area contributed by atoms with Crippen LogP contribution in [0.15, 0.2) is 78.1 Å². The van der Waals surface area contributed by atoms with Crippen molar-refractivity contribution in [2.75, 3.05) is 83.9 Å². The van der Waals surface area contributed by atoms with Crippen LogP contribution >= 0.6 is 11.8 Å². The van der Waals surface area contributed by atoms with E-state index in [4.69, 9.17) is 18.9 Å². The number of thioether (sulfide) groups is 1. The smallest absolute Gasteiger partial charge is 0.407 e. The molecule has 22 nitrogen and oxygen atoms in total. The molecule has 83 heavy (non-hydrogen) atoms. The van der Waals surface area contributed by atoms with E-state index in [-0.39, 0.29) is 123 Å². The number of nitrogens with zero attached hydrogens (tertiary/aromatic N) is 5. The fraction of sp³-hybridized carbons (Fsp3) is 0.467. The maximum absolute atomic E-state index is 13.4. The normalized spacial score (nSPS) is 15.5. The highest BCUT2D eigenvalue weighted by molar-refractivity contribution is 8.00. The summed E-state index contributed by atoms with van der Waals surface area (Å²) in [6, 6.07) is 14.5. The number of anilines is 1. The van der Waals surface area contributed by atoms with Crippen molar-refractivity contribution in [1.82, 2.24) is 34.9 Å². The van der Waals surface area contributed by atoms with Gasteiger partial charge >= 0.3 is 6.09 Å². The first-order valence-electron chi connectivity index (χ1n) is 28.0. The molecule has 2 fully saturated rings. The van der Waals surface area contributed by atoms with Crippen molar-refractivity contribution in [2.24, 2.45) is 19.1 Å². The summed E-state index contributed by atoms with van der Waals surface area (Å²) in [7, 11) is 3.53. The molecule has 0 saturated carbocycles. The number of rotatable bonds is 33. The van der Waals surface area contributed by atoms with Crippen molar-refractivity contribution in [3.63, 3.8) is 0 Å². The number of hydrogen-bond donors (Lipinski definition) is 4. The molecule has 444 valence electrons. The van der Waals surface area contributed by atoms with Gasteiger partial charge < -0.3 is 54.2 Å². The Bertz CT molecular complexity index is 3060. The number of carbonyl (C=O) groups is 9. The number of ether oxygens (including phenoxy) is 4. The molecule has 4 aromatic rings. The number of aromatic nitrogens is 2. The third-order valence-electron chi connectivity index (χ3n) is 14.2. The summed E-state index contributed by atoms with van der Waals surface area (Å²) in [5.74, 6) is -0.762. The quantitative estimate of drug-likeness (QED) is 0.0183. The van der Waals surface area contributed by atoms with Gasteiger partial charge in [-0.25, -0.2) is 4.79 Å². The molecule has 5 heterocycles. The molecule has 3 aliphatic heterocycles. The molecule has 0 aliphatic carbocycles. The lowest BCUT2D eigenvalue weighted by atomic mass is 10.0. The number of Topliss-reactive ketones (excluding diaryl/α,β-unsaturated/α-hetero) is 2. The van der Waals surface area contributed by atoms with E-state index < -0.39 is 6.09 Å². The van der Waals surface area contributed by atoms with Crippen molar-refractivity contribution in [2.45, 2.75) is 88.8 Å². The minimum Gasteiger partial charge on any atom is -0.493 e. The van der Waals surface area contributed by atoms with Gasteiger partial charge in [0.15, 0.2) is 5.78 Å². The van der Waals surface area contributed by atoms with Crippen LogP contribution in [0.5, 0.6) is 5.75 Å². The van der Waals surface area contributed by atoms with E-state index in [0.717, 1.165) is 27.8 Å². The van der Waals surface area contributed by atoms with Crippen LogP contribution in [-0.4, -0.2) is 168 Å². The van der Waals surface area contributed by atoms with E-state index in [1.165, 1.54) is 16.7 Å². The summed E-state index contributed by atoms with van der Waals surface area (Å²) in [5.41, 5.74) is 6.78. The summed E-state index contributed by atoms with van der Waals surface area (Å²) >= 11 is 1.34. The lowest BCUT2D eigenvalue weighted by Crippen LogP contribution is -2.35. The highest BCUT2D eigenvalue weighted by Crippen LogP contribution is 2.35. The lowest BCUT2D eigenvalue weighted by Gasteiger charge is -2.20.